The van der Waals surface area contributed by atoms with Crippen LogP contribution in [0.4, 0.5) is 0 Å². The van der Waals surface area contributed by atoms with E-state index in [1.807, 2.05) is 38.1 Å². The normalized spacial score (nSPS) is 10.7. The Labute approximate surface area is 121 Å². The van der Waals surface area contributed by atoms with Crippen molar-refractivity contribution in [2.45, 2.75) is 25.4 Å². The van der Waals surface area contributed by atoms with E-state index in [-0.39, 0.29) is 5.56 Å². The van der Waals surface area contributed by atoms with Gasteiger partial charge in [0.05, 0.1) is 0 Å². The Morgan fingerprint density at radius 1 is 1.37 bits per heavy atom. The second-order valence-electron chi connectivity index (χ2n) is 4.14. The van der Waals surface area contributed by atoms with Crippen molar-refractivity contribution in [1.29, 1.82) is 0 Å². The standard InChI is InChI=1S/C14H15ClN2OS/c1-3-19-14-16-9(2)11(13(18)17-14)8-10-6-4-5-7-12(10)15/h4-7H,3,8H2,1-2H3,(H,16,17,18). The first kappa shape index (κ1) is 14.2. The third kappa shape index (κ3) is 3.39. The van der Waals surface area contributed by atoms with Crippen molar-refractivity contribution in [2.24, 2.45) is 0 Å². The highest BCUT2D eigenvalue weighted by molar-refractivity contribution is 7.99. The maximum atomic E-state index is 12.1. The molecule has 0 amide bonds. The third-order valence-electron chi connectivity index (χ3n) is 2.81. The number of aromatic amines is 1. The molecule has 0 bridgehead atoms. The Bertz CT molecular complexity index is 640. The Morgan fingerprint density at radius 3 is 2.74 bits per heavy atom. The van der Waals surface area contributed by atoms with E-state index in [9.17, 15) is 4.79 Å². The lowest BCUT2D eigenvalue weighted by Crippen LogP contribution is -2.17. The minimum atomic E-state index is -0.0802. The summed E-state index contributed by atoms with van der Waals surface area (Å²) in [6, 6.07) is 7.55. The maximum Gasteiger partial charge on any atom is 0.255 e. The summed E-state index contributed by atoms with van der Waals surface area (Å²) in [4.78, 5) is 19.3. The first-order chi connectivity index (χ1) is 9.11. The van der Waals surface area contributed by atoms with Crippen LogP contribution in [-0.4, -0.2) is 15.7 Å². The lowest BCUT2D eigenvalue weighted by atomic mass is 10.1. The van der Waals surface area contributed by atoms with E-state index in [2.05, 4.69) is 9.97 Å². The molecule has 0 spiro atoms. The fourth-order valence-electron chi connectivity index (χ4n) is 1.83. The molecule has 0 aliphatic rings. The van der Waals surface area contributed by atoms with Crippen molar-refractivity contribution < 1.29 is 0 Å². The van der Waals surface area contributed by atoms with Crippen molar-refractivity contribution in [3.05, 3.63) is 56.5 Å². The first-order valence-corrected chi connectivity index (χ1v) is 7.44. The SMILES string of the molecule is CCSc1nc(C)c(Cc2ccccc2Cl)c(=O)[nH]1. The molecule has 1 aromatic heterocycles. The smallest absolute Gasteiger partial charge is 0.255 e. The summed E-state index contributed by atoms with van der Waals surface area (Å²) in [5, 5.41) is 1.35. The quantitative estimate of drug-likeness (QED) is 0.694. The van der Waals surface area contributed by atoms with Gasteiger partial charge in [0.25, 0.3) is 5.56 Å². The highest BCUT2D eigenvalue weighted by atomic mass is 35.5. The highest BCUT2D eigenvalue weighted by Crippen LogP contribution is 2.19. The van der Waals surface area contributed by atoms with E-state index in [1.165, 1.54) is 11.8 Å². The van der Waals surface area contributed by atoms with Gasteiger partial charge in [0, 0.05) is 22.7 Å². The zero-order chi connectivity index (χ0) is 13.8. The van der Waals surface area contributed by atoms with E-state index in [1.54, 1.807) is 0 Å². The highest BCUT2D eigenvalue weighted by Gasteiger charge is 2.10. The maximum absolute atomic E-state index is 12.1. The molecule has 0 atom stereocenters. The lowest BCUT2D eigenvalue weighted by molar-refractivity contribution is 0.867. The number of halogens is 1. The van der Waals surface area contributed by atoms with Crippen LogP contribution in [0.3, 0.4) is 0 Å². The molecule has 1 N–H and O–H groups in total. The second-order valence-corrected chi connectivity index (χ2v) is 5.80. The number of rotatable bonds is 4. The molecular weight excluding hydrogens is 280 g/mol. The van der Waals surface area contributed by atoms with Crippen molar-refractivity contribution in [3.63, 3.8) is 0 Å². The van der Waals surface area contributed by atoms with Crippen molar-refractivity contribution in [2.75, 3.05) is 5.75 Å². The fourth-order valence-corrected chi connectivity index (χ4v) is 2.67. The van der Waals surface area contributed by atoms with Crippen LogP contribution in [0.15, 0.2) is 34.2 Å². The molecule has 0 saturated heterocycles. The molecule has 0 fully saturated rings. The molecule has 0 unspecified atom stereocenters. The molecular formula is C14H15ClN2OS. The minimum Gasteiger partial charge on any atom is -0.301 e. The number of hydrogen-bond donors (Lipinski definition) is 1. The number of nitrogens with zero attached hydrogens (tertiary/aromatic N) is 1. The van der Waals surface area contributed by atoms with E-state index >= 15 is 0 Å². The zero-order valence-corrected chi connectivity index (χ0v) is 12.4. The van der Waals surface area contributed by atoms with Crippen LogP contribution >= 0.6 is 23.4 Å². The third-order valence-corrected chi connectivity index (χ3v) is 3.93. The van der Waals surface area contributed by atoms with E-state index in [0.717, 1.165) is 17.0 Å². The molecule has 0 saturated carbocycles. The van der Waals surface area contributed by atoms with Crippen LogP contribution in [0.5, 0.6) is 0 Å². The molecule has 2 rings (SSSR count). The molecule has 1 aromatic carbocycles. The van der Waals surface area contributed by atoms with Gasteiger partial charge in [-0.2, -0.15) is 0 Å². The summed E-state index contributed by atoms with van der Waals surface area (Å²) in [6.07, 6.45) is 0.505. The number of benzene rings is 1. The van der Waals surface area contributed by atoms with Crippen LogP contribution in [0.2, 0.25) is 5.02 Å². The molecule has 1 heterocycles. The van der Waals surface area contributed by atoms with E-state index in [0.29, 0.717) is 22.2 Å². The molecule has 2 aromatic rings. The van der Waals surface area contributed by atoms with Crippen LogP contribution < -0.4 is 5.56 Å². The molecule has 0 aliphatic heterocycles. The minimum absolute atomic E-state index is 0.0802. The Balaban J connectivity index is 2.36. The van der Waals surface area contributed by atoms with Gasteiger partial charge in [-0.1, -0.05) is 48.5 Å². The average molecular weight is 295 g/mol. The molecule has 5 heteroatoms. The number of hydrogen-bond acceptors (Lipinski definition) is 3. The van der Waals surface area contributed by atoms with E-state index in [4.69, 9.17) is 11.6 Å². The van der Waals surface area contributed by atoms with E-state index < -0.39 is 0 Å². The zero-order valence-electron chi connectivity index (χ0n) is 10.9. The van der Waals surface area contributed by atoms with Crippen LogP contribution in [-0.2, 0) is 6.42 Å². The molecule has 100 valence electrons. The molecule has 0 aliphatic carbocycles. The van der Waals surface area contributed by atoms with Gasteiger partial charge in [0.1, 0.15) is 0 Å². The van der Waals surface area contributed by atoms with Gasteiger partial charge in [0.2, 0.25) is 0 Å². The molecule has 19 heavy (non-hydrogen) atoms. The summed E-state index contributed by atoms with van der Waals surface area (Å²) < 4.78 is 0. The summed E-state index contributed by atoms with van der Waals surface area (Å²) in [6.45, 7) is 3.89. The van der Waals surface area contributed by atoms with Gasteiger partial charge >= 0.3 is 0 Å². The number of H-pyrrole nitrogens is 1. The lowest BCUT2D eigenvalue weighted by Gasteiger charge is -2.07. The van der Waals surface area contributed by atoms with Gasteiger partial charge in [0.15, 0.2) is 5.16 Å². The van der Waals surface area contributed by atoms with Crippen molar-refractivity contribution in [1.82, 2.24) is 9.97 Å². The molecule has 3 nitrogen and oxygen atoms in total. The average Bonchev–Trinajstić information content (AvgIpc) is 2.36. The Kier molecular flexibility index (Phi) is 4.66. The largest absolute Gasteiger partial charge is 0.301 e. The predicted molar refractivity (Wildman–Crippen MR) is 80.3 cm³/mol. The van der Waals surface area contributed by atoms with Crippen LogP contribution in [0.25, 0.3) is 0 Å². The topological polar surface area (TPSA) is 45.8 Å². The van der Waals surface area contributed by atoms with Crippen LogP contribution in [0, 0.1) is 6.92 Å². The fraction of sp³-hybridized carbons (Fsp3) is 0.286. The van der Waals surface area contributed by atoms with Crippen LogP contribution in [0.1, 0.15) is 23.7 Å². The molecule has 0 radical (unpaired) electrons. The predicted octanol–water partition coefficient (Wildman–Crippen LogP) is 3.43. The summed E-state index contributed by atoms with van der Waals surface area (Å²) >= 11 is 7.65. The van der Waals surface area contributed by atoms with Crippen molar-refractivity contribution >= 4 is 23.4 Å². The Morgan fingerprint density at radius 2 is 2.11 bits per heavy atom. The number of aryl methyl sites for hydroxylation is 1. The van der Waals surface area contributed by atoms with Gasteiger partial charge in [-0.3, -0.25) is 4.79 Å². The monoisotopic (exact) mass is 294 g/mol. The van der Waals surface area contributed by atoms with Gasteiger partial charge in [-0.25, -0.2) is 4.98 Å². The van der Waals surface area contributed by atoms with Crippen molar-refractivity contribution in [3.8, 4) is 0 Å². The summed E-state index contributed by atoms with van der Waals surface area (Å²) in [5.74, 6) is 0.881. The number of thioether (sulfide) groups is 1. The summed E-state index contributed by atoms with van der Waals surface area (Å²) in [7, 11) is 0. The van der Waals surface area contributed by atoms with Gasteiger partial charge in [-0.05, 0) is 24.3 Å². The summed E-state index contributed by atoms with van der Waals surface area (Å²) in [5.41, 5.74) is 2.30. The second kappa shape index (κ2) is 6.26. The Hall–Kier alpha value is -1.26. The number of aromatic nitrogens is 2. The van der Waals surface area contributed by atoms with Gasteiger partial charge < -0.3 is 4.98 Å². The first-order valence-electron chi connectivity index (χ1n) is 6.07. The number of nitrogens with one attached hydrogen (secondary N) is 1. The van der Waals surface area contributed by atoms with Gasteiger partial charge in [-0.15, -0.1) is 0 Å².